The van der Waals surface area contributed by atoms with Crippen LogP contribution in [0, 0.1) is 0 Å². The van der Waals surface area contributed by atoms with Crippen molar-refractivity contribution in [2.24, 2.45) is 0 Å². The second-order valence-electron chi connectivity index (χ2n) is 5.44. The summed E-state index contributed by atoms with van der Waals surface area (Å²) in [4.78, 5) is 59.0. The van der Waals surface area contributed by atoms with Gasteiger partial charge in [0.05, 0.1) is 6.61 Å². The molecule has 136 valence electrons. The van der Waals surface area contributed by atoms with E-state index in [1.54, 1.807) is 0 Å². The lowest BCUT2D eigenvalue weighted by Crippen LogP contribution is -2.81. The fourth-order valence-corrected chi connectivity index (χ4v) is 2.50. The Labute approximate surface area is 136 Å². The third-order valence-electron chi connectivity index (χ3n) is 3.93. The minimum Gasteiger partial charge on any atom is -0.394 e. The molecule has 0 saturated carbocycles. The van der Waals surface area contributed by atoms with Crippen molar-refractivity contribution in [3.05, 3.63) is 0 Å². The normalized spacial score (nSPS) is 20.0. The third kappa shape index (κ3) is 2.72. The van der Waals surface area contributed by atoms with Gasteiger partial charge in [-0.25, -0.2) is 0 Å². The molecule has 4 atom stereocenters. The van der Waals surface area contributed by atoms with Crippen LogP contribution in [0.3, 0.4) is 0 Å². The van der Waals surface area contributed by atoms with Crippen LogP contribution < -0.4 is 0 Å². The number of hydrogen-bond donors (Lipinski definition) is 5. The van der Waals surface area contributed by atoms with E-state index in [4.69, 9.17) is 5.11 Å². The average molecular weight is 348 g/mol. The Morgan fingerprint density at radius 2 is 1.25 bits per heavy atom. The van der Waals surface area contributed by atoms with Crippen molar-refractivity contribution in [1.82, 2.24) is 0 Å². The molecule has 0 aromatic rings. The van der Waals surface area contributed by atoms with Gasteiger partial charge in [-0.2, -0.15) is 0 Å². The molecule has 10 heteroatoms. The maximum Gasteiger partial charge on any atom is 0.240 e. The van der Waals surface area contributed by atoms with E-state index in [9.17, 15) is 44.4 Å². The summed E-state index contributed by atoms with van der Waals surface area (Å²) in [5.74, 6) is -8.28. The molecule has 0 amide bonds. The van der Waals surface area contributed by atoms with E-state index in [-0.39, 0.29) is 0 Å². The van der Waals surface area contributed by atoms with Gasteiger partial charge in [0, 0.05) is 6.92 Å². The zero-order valence-electron chi connectivity index (χ0n) is 13.6. The average Bonchev–Trinajstić information content (AvgIpc) is 2.49. The molecule has 0 fully saturated rings. The molecule has 0 aliphatic carbocycles. The topological polar surface area (TPSA) is 186 Å². The van der Waals surface area contributed by atoms with Gasteiger partial charge in [0.1, 0.15) is 6.10 Å². The van der Waals surface area contributed by atoms with Crippen LogP contribution in [-0.2, 0) is 24.0 Å². The van der Waals surface area contributed by atoms with E-state index in [0.29, 0.717) is 27.7 Å². The molecule has 0 unspecified atom stereocenters. The van der Waals surface area contributed by atoms with Crippen molar-refractivity contribution < 1.29 is 49.5 Å². The van der Waals surface area contributed by atoms with E-state index in [1.807, 2.05) is 0 Å². The molecule has 5 N–H and O–H groups in total. The van der Waals surface area contributed by atoms with Crippen LogP contribution in [0.15, 0.2) is 0 Å². The number of ketones is 5. The molecule has 10 nitrogen and oxygen atoms in total. The number of Topliss-reactive ketones (excluding diaryl/α,β-unsaturated/α-hetero) is 5. The summed E-state index contributed by atoms with van der Waals surface area (Å²) in [6.07, 6.45) is -2.56. The Hall–Kier alpha value is -1.85. The quantitative estimate of drug-likeness (QED) is 0.206. The van der Waals surface area contributed by atoms with Gasteiger partial charge in [0.2, 0.25) is 17.0 Å². The minimum atomic E-state index is -3.93. The molecule has 0 aliphatic rings. The highest BCUT2D eigenvalue weighted by Gasteiger charge is 2.74. The van der Waals surface area contributed by atoms with Crippen LogP contribution in [0.25, 0.3) is 0 Å². The number of aliphatic hydroxyl groups excluding tert-OH is 2. The molecule has 0 saturated heterocycles. The van der Waals surface area contributed by atoms with Gasteiger partial charge in [-0.1, -0.05) is 0 Å². The second kappa shape index (κ2) is 6.95. The first-order valence-corrected chi connectivity index (χ1v) is 6.71. The molecule has 0 aliphatic heterocycles. The Morgan fingerprint density at radius 3 is 1.46 bits per heavy atom. The molecule has 0 rings (SSSR count). The van der Waals surface area contributed by atoms with E-state index < -0.39 is 58.4 Å². The first kappa shape index (κ1) is 22.1. The van der Waals surface area contributed by atoms with Crippen molar-refractivity contribution >= 4 is 28.9 Å². The molecule has 0 bridgehead atoms. The number of rotatable bonds is 9. The maximum absolute atomic E-state index is 12.0. The summed E-state index contributed by atoms with van der Waals surface area (Å²) in [7, 11) is 0. The van der Waals surface area contributed by atoms with Crippen LogP contribution >= 0.6 is 0 Å². The Morgan fingerprint density at radius 1 is 0.833 bits per heavy atom. The lowest BCUT2D eigenvalue weighted by Gasteiger charge is -2.48. The summed E-state index contributed by atoms with van der Waals surface area (Å²) in [6.45, 7) is 0.853. The number of carbonyl (C=O) groups excluding carboxylic acids is 5. The van der Waals surface area contributed by atoms with Gasteiger partial charge in [0.25, 0.3) is 0 Å². The zero-order valence-corrected chi connectivity index (χ0v) is 13.6. The predicted molar refractivity (Wildman–Crippen MR) is 75.7 cm³/mol. The van der Waals surface area contributed by atoms with Gasteiger partial charge in [-0.15, -0.1) is 0 Å². The van der Waals surface area contributed by atoms with Crippen LogP contribution in [0.5, 0.6) is 0 Å². The molecular formula is C14H20O10. The standard InChI is InChI=1S/C14H20O10/c1-6(16)11(21)13(23,8(3)18)14(24,9(4)19)12(22,7(2)17)10(20)5-15/h10,15,20,22-24H,5H2,1-4H3/t10-,12+,13+,14+/m0/s1. The summed E-state index contributed by atoms with van der Waals surface area (Å²) in [5, 5.41) is 50.3. The highest BCUT2D eigenvalue weighted by atomic mass is 16.4. The van der Waals surface area contributed by atoms with Crippen LogP contribution in [-0.4, -0.2) is 84.0 Å². The molecule has 0 aromatic heterocycles. The molecule has 0 radical (unpaired) electrons. The zero-order chi connectivity index (χ0) is 19.7. The summed E-state index contributed by atoms with van der Waals surface area (Å²) < 4.78 is 0. The Balaban J connectivity index is 7.11. The van der Waals surface area contributed by atoms with Gasteiger partial charge >= 0.3 is 0 Å². The van der Waals surface area contributed by atoms with Gasteiger partial charge < -0.3 is 25.5 Å². The molecular weight excluding hydrogens is 328 g/mol. The largest absolute Gasteiger partial charge is 0.394 e. The van der Waals surface area contributed by atoms with Gasteiger partial charge in [-0.05, 0) is 20.8 Å². The lowest BCUT2D eigenvalue weighted by atomic mass is 9.61. The van der Waals surface area contributed by atoms with Crippen molar-refractivity contribution in [2.75, 3.05) is 6.61 Å². The lowest BCUT2D eigenvalue weighted by molar-refractivity contribution is -0.246. The molecule has 0 aromatic carbocycles. The van der Waals surface area contributed by atoms with Crippen molar-refractivity contribution in [2.45, 2.75) is 50.6 Å². The summed E-state index contributed by atoms with van der Waals surface area (Å²) in [5.41, 5.74) is -11.4. The van der Waals surface area contributed by atoms with Crippen molar-refractivity contribution in [3.8, 4) is 0 Å². The maximum atomic E-state index is 12.0. The van der Waals surface area contributed by atoms with E-state index in [2.05, 4.69) is 0 Å². The van der Waals surface area contributed by atoms with E-state index in [0.717, 1.165) is 0 Å². The number of aliphatic hydroxyl groups is 5. The molecule has 24 heavy (non-hydrogen) atoms. The molecule has 0 heterocycles. The van der Waals surface area contributed by atoms with Crippen molar-refractivity contribution in [3.63, 3.8) is 0 Å². The second-order valence-corrected chi connectivity index (χ2v) is 5.44. The highest BCUT2D eigenvalue weighted by molar-refractivity contribution is 6.45. The van der Waals surface area contributed by atoms with E-state index in [1.165, 1.54) is 0 Å². The Kier molecular flexibility index (Phi) is 6.41. The smallest absolute Gasteiger partial charge is 0.240 e. The SMILES string of the molecule is CC(=O)C(=O)[C@](O)(C(C)=O)[C@@](O)(C(C)=O)[C@@](O)(C(C)=O)[C@@H](O)CO. The monoisotopic (exact) mass is 348 g/mol. The highest BCUT2D eigenvalue weighted by Crippen LogP contribution is 2.39. The van der Waals surface area contributed by atoms with Gasteiger partial charge in [0.15, 0.2) is 28.7 Å². The predicted octanol–water partition coefficient (Wildman–Crippen LogP) is -3.54. The fraction of sp³-hybridized carbons (Fsp3) is 0.643. The minimum absolute atomic E-state index is 0.513. The molecule has 0 spiro atoms. The van der Waals surface area contributed by atoms with Crippen molar-refractivity contribution in [1.29, 1.82) is 0 Å². The van der Waals surface area contributed by atoms with Crippen LogP contribution in [0.4, 0.5) is 0 Å². The number of carbonyl (C=O) groups is 5. The fourth-order valence-electron chi connectivity index (χ4n) is 2.50. The van der Waals surface area contributed by atoms with E-state index >= 15 is 0 Å². The number of hydrogen-bond acceptors (Lipinski definition) is 10. The third-order valence-corrected chi connectivity index (χ3v) is 3.93. The first-order valence-electron chi connectivity index (χ1n) is 6.71. The summed E-state index contributed by atoms with van der Waals surface area (Å²) in [6, 6.07) is 0. The van der Waals surface area contributed by atoms with Gasteiger partial charge in [-0.3, -0.25) is 24.0 Å². The first-order chi connectivity index (χ1) is 10.7. The van der Waals surface area contributed by atoms with Crippen LogP contribution in [0.2, 0.25) is 0 Å². The summed E-state index contributed by atoms with van der Waals surface area (Å²) >= 11 is 0. The van der Waals surface area contributed by atoms with Crippen LogP contribution in [0.1, 0.15) is 27.7 Å². The Bertz CT molecular complexity index is 596.